The van der Waals surface area contributed by atoms with E-state index in [1.54, 1.807) is 11.5 Å². The predicted molar refractivity (Wildman–Crippen MR) is 73.2 cm³/mol. The maximum absolute atomic E-state index is 11.0. The van der Waals surface area contributed by atoms with E-state index < -0.39 is 0 Å². The van der Waals surface area contributed by atoms with Gasteiger partial charge in [-0.2, -0.15) is 0 Å². The van der Waals surface area contributed by atoms with Crippen LogP contribution in [0.3, 0.4) is 0 Å². The molecule has 0 atom stereocenters. The van der Waals surface area contributed by atoms with Crippen LogP contribution in [0.1, 0.15) is 19.8 Å². The molecule has 0 spiro atoms. The number of hydrogen-bond donors (Lipinski definition) is 0. The van der Waals surface area contributed by atoms with Gasteiger partial charge in [-0.05, 0) is 42.9 Å². The van der Waals surface area contributed by atoms with Crippen molar-refractivity contribution in [2.24, 2.45) is 0 Å². The van der Waals surface area contributed by atoms with Crippen LogP contribution in [-0.2, 0) is 9.53 Å². The van der Waals surface area contributed by atoms with E-state index >= 15 is 0 Å². The van der Waals surface area contributed by atoms with Crippen molar-refractivity contribution in [2.45, 2.75) is 19.8 Å². The van der Waals surface area contributed by atoms with Crippen LogP contribution >= 0.6 is 11.8 Å². The largest absolute Gasteiger partial charge is 0.462 e. The van der Waals surface area contributed by atoms with Crippen molar-refractivity contribution in [3.63, 3.8) is 0 Å². The Morgan fingerprint density at radius 1 is 1.41 bits per heavy atom. The Bertz CT molecular complexity index is 386. The fourth-order valence-electron chi connectivity index (χ4n) is 0.773. The lowest BCUT2D eigenvalue weighted by atomic mass is 10.3. The van der Waals surface area contributed by atoms with Crippen LogP contribution in [-0.4, -0.2) is 18.8 Å². The molecule has 0 bridgehead atoms. The molecule has 0 rings (SSSR count). The number of unbranched alkanes of at least 4 members (excludes halogenated alkanes) is 1. The quantitative estimate of drug-likeness (QED) is 0.324. The van der Waals surface area contributed by atoms with Gasteiger partial charge in [-0.15, -0.1) is 11.8 Å². The topological polar surface area (TPSA) is 26.3 Å². The highest BCUT2D eigenvalue weighted by atomic mass is 32.2. The first kappa shape index (κ1) is 15.4. The van der Waals surface area contributed by atoms with Crippen LogP contribution in [0, 0.1) is 23.7 Å². The van der Waals surface area contributed by atoms with Crippen molar-refractivity contribution in [3.8, 4) is 23.7 Å². The molecule has 0 aromatic heterocycles. The van der Waals surface area contributed by atoms with Gasteiger partial charge in [0.2, 0.25) is 0 Å². The zero-order valence-electron chi connectivity index (χ0n) is 10.2. The van der Waals surface area contributed by atoms with Crippen LogP contribution in [0.25, 0.3) is 0 Å². The van der Waals surface area contributed by atoms with Crippen LogP contribution in [0.5, 0.6) is 0 Å². The number of carbonyl (C=O) groups is 1. The molecular formula is C14H16O2S. The molecule has 3 heteroatoms. The van der Waals surface area contributed by atoms with E-state index in [0.29, 0.717) is 13.0 Å². The second kappa shape index (κ2) is 12.5. The lowest BCUT2D eigenvalue weighted by molar-refractivity contribution is -0.137. The van der Waals surface area contributed by atoms with E-state index in [-0.39, 0.29) is 5.97 Å². The summed E-state index contributed by atoms with van der Waals surface area (Å²) in [5.41, 5.74) is 0. The highest BCUT2D eigenvalue weighted by Crippen LogP contribution is 1.95. The van der Waals surface area contributed by atoms with Crippen LogP contribution in [0.2, 0.25) is 0 Å². The standard InChI is InChI=1S/C14H16O2S/c1-3-4-5-6-7-8-9-10-12-16-14(15)11-13-17-2/h3-4,11,13H,9-10,12H2,1-2H3. The molecular weight excluding hydrogens is 232 g/mol. The first-order chi connectivity index (χ1) is 8.31. The van der Waals surface area contributed by atoms with Gasteiger partial charge in [-0.25, -0.2) is 4.79 Å². The Morgan fingerprint density at radius 2 is 2.24 bits per heavy atom. The zero-order chi connectivity index (χ0) is 12.8. The number of thioether (sulfide) groups is 1. The van der Waals surface area contributed by atoms with Crippen LogP contribution < -0.4 is 0 Å². The fourth-order valence-corrected chi connectivity index (χ4v) is 1.02. The predicted octanol–water partition coefficient (Wildman–Crippen LogP) is 2.77. The van der Waals surface area contributed by atoms with Crippen molar-refractivity contribution in [1.29, 1.82) is 0 Å². The van der Waals surface area contributed by atoms with E-state index in [4.69, 9.17) is 4.74 Å². The maximum atomic E-state index is 11.0. The average molecular weight is 248 g/mol. The first-order valence-corrected chi connectivity index (χ1v) is 6.55. The SMILES string of the molecule is CC=CC#CC#CCCCOC(=O)C=CSC. The molecule has 0 aliphatic heterocycles. The lowest BCUT2D eigenvalue weighted by Crippen LogP contribution is -2.01. The summed E-state index contributed by atoms with van der Waals surface area (Å²) in [5, 5.41) is 1.69. The van der Waals surface area contributed by atoms with Crippen molar-refractivity contribution in [2.75, 3.05) is 12.9 Å². The van der Waals surface area contributed by atoms with Gasteiger partial charge in [0.1, 0.15) is 0 Å². The summed E-state index contributed by atoms with van der Waals surface area (Å²) in [6.45, 7) is 2.30. The summed E-state index contributed by atoms with van der Waals surface area (Å²) < 4.78 is 4.94. The molecule has 90 valence electrons. The lowest BCUT2D eigenvalue weighted by Gasteiger charge is -1.97. The molecule has 0 radical (unpaired) electrons. The Balaban J connectivity index is 3.56. The molecule has 0 aromatic carbocycles. The molecule has 0 saturated heterocycles. The molecule has 0 fully saturated rings. The third-order valence-electron chi connectivity index (χ3n) is 1.50. The summed E-state index contributed by atoms with van der Waals surface area (Å²) in [4.78, 5) is 11.0. The summed E-state index contributed by atoms with van der Waals surface area (Å²) in [5.74, 6) is 10.8. The minimum absolute atomic E-state index is 0.305. The van der Waals surface area contributed by atoms with Crippen LogP contribution in [0.15, 0.2) is 23.6 Å². The van der Waals surface area contributed by atoms with E-state index in [1.165, 1.54) is 17.8 Å². The zero-order valence-corrected chi connectivity index (χ0v) is 11.0. The summed E-state index contributed by atoms with van der Waals surface area (Å²) in [6.07, 6.45) is 8.32. The van der Waals surface area contributed by atoms with Gasteiger partial charge >= 0.3 is 5.97 Å². The second-order valence-electron chi connectivity index (χ2n) is 2.88. The highest BCUT2D eigenvalue weighted by Gasteiger charge is 1.94. The molecule has 0 aliphatic carbocycles. The van der Waals surface area contributed by atoms with Gasteiger partial charge in [0.15, 0.2) is 0 Å². The third-order valence-corrected chi connectivity index (χ3v) is 1.91. The van der Waals surface area contributed by atoms with Crippen molar-refractivity contribution < 1.29 is 9.53 Å². The van der Waals surface area contributed by atoms with Gasteiger partial charge < -0.3 is 4.74 Å². The molecule has 0 unspecified atom stereocenters. The number of carbonyl (C=O) groups excluding carboxylic acids is 1. The molecule has 0 aromatic rings. The smallest absolute Gasteiger partial charge is 0.331 e. The Kier molecular flexibility index (Phi) is 11.3. The molecule has 0 saturated carbocycles. The minimum atomic E-state index is -0.305. The number of esters is 1. The fraction of sp³-hybridized carbons (Fsp3) is 0.357. The Hall–Kier alpha value is -1.58. The van der Waals surface area contributed by atoms with E-state index in [1.807, 2.05) is 19.3 Å². The molecule has 2 nitrogen and oxygen atoms in total. The normalized spacial score (nSPS) is 9.53. The summed E-state index contributed by atoms with van der Waals surface area (Å²) in [7, 11) is 0. The highest BCUT2D eigenvalue weighted by molar-refractivity contribution is 8.01. The van der Waals surface area contributed by atoms with E-state index in [9.17, 15) is 4.79 Å². The van der Waals surface area contributed by atoms with E-state index in [2.05, 4.69) is 23.7 Å². The molecule has 0 amide bonds. The molecule has 0 heterocycles. The van der Waals surface area contributed by atoms with Gasteiger partial charge in [0.05, 0.1) is 6.61 Å². The summed E-state index contributed by atoms with van der Waals surface area (Å²) in [6, 6.07) is 0. The van der Waals surface area contributed by atoms with Gasteiger partial charge in [-0.1, -0.05) is 17.9 Å². The minimum Gasteiger partial charge on any atom is -0.462 e. The number of ether oxygens (including phenoxy) is 1. The van der Waals surface area contributed by atoms with Gasteiger partial charge in [-0.3, -0.25) is 0 Å². The van der Waals surface area contributed by atoms with Crippen molar-refractivity contribution >= 4 is 17.7 Å². The maximum Gasteiger partial charge on any atom is 0.331 e. The Labute approximate surface area is 108 Å². The molecule has 0 N–H and O–H groups in total. The average Bonchev–Trinajstić information content (AvgIpc) is 2.34. The van der Waals surface area contributed by atoms with E-state index in [0.717, 1.165) is 6.42 Å². The van der Waals surface area contributed by atoms with Gasteiger partial charge in [0, 0.05) is 12.5 Å². The number of rotatable bonds is 5. The molecule has 17 heavy (non-hydrogen) atoms. The monoisotopic (exact) mass is 248 g/mol. The number of hydrogen-bond acceptors (Lipinski definition) is 3. The number of allylic oxidation sites excluding steroid dienone is 2. The first-order valence-electron chi connectivity index (χ1n) is 5.27. The van der Waals surface area contributed by atoms with Gasteiger partial charge in [0.25, 0.3) is 0 Å². The molecule has 0 aliphatic rings. The van der Waals surface area contributed by atoms with Crippen molar-refractivity contribution in [3.05, 3.63) is 23.6 Å². The van der Waals surface area contributed by atoms with Crippen molar-refractivity contribution in [1.82, 2.24) is 0 Å². The summed E-state index contributed by atoms with van der Waals surface area (Å²) >= 11 is 1.46. The Morgan fingerprint density at radius 3 is 2.94 bits per heavy atom. The third kappa shape index (κ3) is 12.4. The second-order valence-corrected chi connectivity index (χ2v) is 3.62. The van der Waals surface area contributed by atoms with Crippen LogP contribution in [0.4, 0.5) is 0 Å².